The zero-order valence-electron chi connectivity index (χ0n) is 13.1. The molecule has 0 radical (unpaired) electrons. The minimum absolute atomic E-state index is 0.0669. The summed E-state index contributed by atoms with van der Waals surface area (Å²) in [4.78, 5) is 30.8. The standard InChI is InChI=1S/C16H24N4O2/c1-2-3-4-6-17-14-5-7-18-15(12-14)16(22)20-10-8-19(13-21)9-11-20/h5,7,12-13H,2-4,6,8-11H2,1H3,(H,17,18). The normalized spacial score (nSPS) is 14.8. The zero-order valence-corrected chi connectivity index (χ0v) is 13.1. The van der Waals surface area contributed by atoms with Gasteiger partial charge in [-0.25, -0.2) is 0 Å². The smallest absolute Gasteiger partial charge is 0.272 e. The first-order valence-corrected chi connectivity index (χ1v) is 7.93. The van der Waals surface area contributed by atoms with Gasteiger partial charge < -0.3 is 15.1 Å². The molecule has 1 aromatic rings. The van der Waals surface area contributed by atoms with Crippen molar-refractivity contribution >= 4 is 18.0 Å². The number of unbranched alkanes of at least 4 members (excludes halogenated alkanes) is 2. The minimum atomic E-state index is -0.0669. The molecule has 22 heavy (non-hydrogen) atoms. The summed E-state index contributed by atoms with van der Waals surface area (Å²) in [7, 11) is 0. The molecule has 0 unspecified atom stereocenters. The van der Waals surface area contributed by atoms with Gasteiger partial charge in [-0.05, 0) is 18.6 Å². The molecule has 1 saturated heterocycles. The van der Waals surface area contributed by atoms with Crippen molar-refractivity contribution in [2.24, 2.45) is 0 Å². The number of anilines is 1. The van der Waals surface area contributed by atoms with Crippen LogP contribution in [0.25, 0.3) is 0 Å². The van der Waals surface area contributed by atoms with Gasteiger partial charge in [-0.3, -0.25) is 14.6 Å². The fourth-order valence-corrected chi connectivity index (χ4v) is 2.46. The van der Waals surface area contributed by atoms with Crippen LogP contribution in [0.5, 0.6) is 0 Å². The van der Waals surface area contributed by atoms with Gasteiger partial charge >= 0.3 is 0 Å². The van der Waals surface area contributed by atoms with Crippen LogP contribution in [0.3, 0.4) is 0 Å². The summed E-state index contributed by atoms with van der Waals surface area (Å²) < 4.78 is 0. The van der Waals surface area contributed by atoms with E-state index in [9.17, 15) is 9.59 Å². The van der Waals surface area contributed by atoms with Gasteiger partial charge in [-0.2, -0.15) is 0 Å². The first-order chi connectivity index (χ1) is 10.7. The van der Waals surface area contributed by atoms with Crippen molar-refractivity contribution in [1.82, 2.24) is 14.8 Å². The molecule has 0 aliphatic carbocycles. The van der Waals surface area contributed by atoms with E-state index >= 15 is 0 Å². The van der Waals surface area contributed by atoms with Crippen LogP contribution in [0.4, 0.5) is 5.69 Å². The van der Waals surface area contributed by atoms with Crippen molar-refractivity contribution in [2.45, 2.75) is 26.2 Å². The van der Waals surface area contributed by atoms with Crippen molar-refractivity contribution < 1.29 is 9.59 Å². The van der Waals surface area contributed by atoms with Gasteiger partial charge in [0, 0.05) is 44.6 Å². The van der Waals surface area contributed by atoms with Crippen LogP contribution in [-0.2, 0) is 4.79 Å². The molecule has 0 saturated carbocycles. The second-order valence-corrected chi connectivity index (χ2v) is 5.50. The van der Waals surface area contributed by atoms with Gasteiger partial charge in [-0.15, -0.1) is 0 Å². The summed E-state index contributed by atoms with van der Waals surface area (Å²) in [5.41, 5.74) is 1.39. The zero-order chi connectivity index (χ0) is 15.8. The topological polar surface area (TPSA) is 65.5 Å². The largest absolute Gasteiger partial charge is 0.385 e. The predicted molar refractivity (Wildman–Crippen MR) is 85.8 cm³/mol. The number of carbonyl (C=O) groups is 2. The Kier molecular flexibility index (Phi) is 6.18. The number of aromatic nitrogens is 1. The van der Waals surface area contributed by atoms with E-state index in [1.165, 1.54) is 12.8 Å². The molecule has 2 amide bonds. The molecule has 2 rings (SSSR count). The maximum absolute atomic E-state index is 12.5. The van der Waals surface area contributed by atoms with E-state index in [1.807, 2.05) is 6.07 Å². The first-order valence-electron chi connectivity index (χ1n) is 7.93. The number of hydrogen-bond acceptors (Lipinski definition) is 4. The first kappa shape index (κ1) is 16.3. The lowest BCUT2D eigenvalue weighted by molar-refractivity contribution is -0.119. The van der Waals surface area contributed by atoms with Crippen molar-refractivity contribution in [3.05, 3.63) is 24.0 Å². The molecule has 2 heterocycles. The third kappa shape index (κ3) is 4.44. The molecule has 1 aromatic heterocycles. The van der Waals surface area contributed by atoms with Crippen molar-refractivity contribution in [1.29, 1.82) is 0 Å². The summed E-state index contributed by atoms with van der Waals surface area (Å²) >= 11 is 0. The lowest BCUT2D eigenvalue weighted by atomic mass is 10.2. The average Bonchev–Trinajstić information content (AvgIpc) is 2.58. The fourth-order valence-electron chi connectivity index (χ4n) is 2.46. The van der Waals surface area contributed by atoms with Crippen molar-refractivity contribution in [3.8, 4) is 0 Å². The molecule has 0 atom stereocenters. The Morgan fingerprint density at radius 3 is 2.77 bits per heavy atom. The van der Waals surface area contributed by atoms with E-state index in [2.05, 4.69) is 17.2 Å². The van der Waals surface area contributed by atoms with Crippen LogP contribution in [0.2, 0.25) is 0 Å². The van der Waals surface area contributed by atoms with E-state index in [0.29, 0.717) is 31.9 Å². The highest BCUT2D eigenvalue weighted by molar-refractivity contribution is 5.93. The molecule has 6 heteroatoms. The molecular formula is C16H24N4O2. The molecule has 1 fully saturated rings. The fraction of sp³-hybridized carbons (Fsp3) is 0.562. The third-order valence-corrected chi connectivity index (χ3v) is 3.84. The molecule has 1 N–H and O–H groups in total. The average molecular weight is 304 g/mol. The van der Waals surface area contributed by atoms with Gasteiger partial charge in [0.25, 0.3) is 5.91 Å². The van der Waals surface area contributed by atoms with Gasteiger partial charge in [0.2, 0.25) is 6.41 Å². The molecule has 120 valence electrons. The highest BCUT2D eigenvalue weighted by atomic mass is 16.2. The molecular weight excluding hydrogens is 280 g/mol. The number of amides is 2. The number of hydrogen-bond donors (Lipinski definition) is 1. The molecule has 6 nitrogen and oxygen atoms in total. The summed E-state index contributed by atoms with van der Waals surface area (Å²) in [6.45, 7) is 5.38. The van der Waals surface area contributed by atoms with Crippen molar-refractivity contribution in [2.75, 3.05) is 38.0 Å². The van der Waals surface area contributed by atoms with Crippen LogP contribution < -0.4 is 5.32 Å². The Labute approximate surface area is 131 Å². The molecule has 1 aliphatic heterocycles. The monoisotopic (exact) mass is 304 g/mol. The van der Waals surface area contributed by atoms with Crippen LogP contribution >= 0.6 is 0 Å². The number of nitrogens with zero attached hydrogens (tertiary/aromatic N) is 3. The Morgan fingerprint density at radius 2 is 2.09 bits per heavy atom. The van der Waals surface area contributed by atoms with E-state index in [-0.39, 0.29) is 5.91 Å². The Bertz CT molecular complexity index is 499. The lowest BCUT2D eigenvalue weighted by Crippen LogP contribution is -2.48. The molecule has 0 aromatic carbocycles. The maximum Gasteiger partial charge on any atom is 0.272 e. The number of nitrogens with one attached hydrogen (secondary N) is 1. The Morgan fingerprint density at radius 1 is 1.32 bits per heavy atom. The molecule has 1 aliphatic rings. The maximum atomic E-state index is 12.5. The van der Waals surface area contributed by atoms with E-state index in [1.54, 1.807) is 22.1 Å². The highest BCUT2D eigenvalue weighted by Gasteiger charge is 2.22. The molecule has 0 bridgehead atoms. The third-order valence-electron chi connectivity index (χ3n) is 3.84. The SMILES string of the molecule is CCCCCNc1ccnc(C(=O)N2CCN(C=O)CC2)c1. The van der Waals surface area contributed by atoms with Crippen LogP contribution in [0.15, 0.2) is 18.3 Å². The van der Waals surface area contributed by atoms with E-state index < -0.39 is 0 Å². The number of piperazine rings is 1. The van der Waals surface area contributed by atoms with Gasteiger partial charge in [0.1, 0.15) is 5.69 Å². The van der Waals surface area contributed by atoms with Gasteiger partial charge in [-0.1, -0.05) is 19.8 Å². The second-order valence-electron chi connectivity index (χ2n) is 5.50. The minimum Gasteiger partial charge on any atom is -0.385 e. The lowest BCUT2D eigenvalue weighted by Gasteiger charge is -2.32. The summed E-state index contributed by atoms with van der Waals surface area (Å²) in [5, 5.41) is 3.33. The van der Waals surface area contributed by atoms with Gasteiger partial charge in [0.05, 0.1) is 0 Å². The quantitative estimate of drug-likeness (QED) is 0.614. The van der Waals surface area contributed by atoms with E-state index in [0.717, 1.165) is 25.1 Å². The van der Waals surface area contributed by atoms with Crippen LogP contribution in [0, 0.1) is 0 Å². The van der Waals surface area contributed by atoms with Gasteiger partial charge in [0.15, 0.2) is 0 Å². The second kappa shape index (κ2) is 8.36. The van der Waals surface area contributed by atoms with E-state index in [4.69, 9.17) is 0 Å². The number of carbonyl (C=O) groups excluding carboxylic acids is 2. The molecule has 0 spiro atoms. The summed E-state index contributed by atoms with van der Waals surface area (Å²) in [6.07, 6.45) is 6.01. The Balaban J connectivity index is 1.91. The van der Waals surface area contributed by atoms with Crippen LogP contribution in [0.1, 0.15) is 36.7 Å². The highest BCUT2D eigenvalue weighted by Crippen LogP contribution is 2.12. The predicted octanol–water partition coefficient (Wildman–Crippen LogP) is 1.60. The Hall–Kier alpha value is -2.11. The van der Waals surface area contributed by atoms with Crippen LogP contribution in [-0.4, -0.2) is 59.8 Å². The van der Waals surface area contributed by atoms with Crippen molar-refractivity contribution in [3.63, 3.8) is 0 Å². The number of rotatable bonds is 7. The summed E-state index contributed by atoms with van der Waals surface area (Å²) in [6, 6.07) is 3.69. The number of pyridine rings is 1. The summed E-state index contributed by atoms with van der Waals surface area (Å²) in [5.74, 6) is -0.0669.